The third-order valence-corrected chi connectivity index (χ3v) is 8.09. The van der Waals surface area contributed by atoms with E-state index in [0.717, 1.165) is 63.7 Å². The van der Waals surface area contributed by atoms with Gasteiger partial charge in [0.15, 0.2) is 0 Å². The molecule has 4 fully saturated rings. The van der Waals surface area contributed by atoms with Crippen molar-refractivity contribution in [3.63, 3.8) is 0 Å². The Kier molecular flexibility index (Phi) is 6.61. The predicted octanol–water partition coefficient (Wildman–Crippen LogP) is 3.67. The van der Waals surface area contributed by atoms with Crippen LogP contribution in [0.1, 0.15) is 51.9 Å². The van der Waals surface area contributed by atoms with E-state index in [2.05, 4.69) is 46.3 Å². The summed E-state index contributed by atoms with van der Waals surface area (Å²) in [7, 11) is 0. The number of likely N-dealkylation sites (tertiary alicyclic amines) is 1. The van der Waals surface area contributed by atoms with E-state index in [0.29, 0.717) is 11.9 Å². The smallest absolute Gasteiger partial charge is 0.233 e. The van der Waals surface area contributed by atoms with Crippen molar-refractivity contribution in [3.8, 4) is 0 Å². The average Bonchev–Trinajstić information content (AvgIpc) is 3.36. The zero-order valence-corrected chi connectivity index (χ0v) is 19.1. The van der Waals surface area contributed by atoms with Gasteiger partial charge in [-0.1, -0.05) is 6.42 Å². The maximum Gasteiger partial charge on any atom is 0.233 e. The van der Waals surface area contributed by atoms with Gasteiger partial charge in [-0.25, -0.2) is 0 Å². The number of anilines is 2. The highest BCUT2D eigenvalue weighted by Crippen LogP contribution is 2.42. The van der Waals surface area contributed by atoms with Crippen LogP contribution >= 0.6 is 12.4 Å². The van der Waals surface area contributed by atoms with Gasteiger partial charge in [0.1, 0.15) is 0 Å². The molecule has 1 aromatic rings. The summed E-state index contributed by atoms with van der Waals surface area (Å²) in [5, 5.41) is 3.40. The van der Waals surface area contributed by atoms with E-state index in [1.165, 1.54) is 37.9 Å². The van der Waals surface area contributed by atoms with Crippen LogP contribution < -0.4 is 15.1 Å². The van der Waals surface area contributed by atoms with Crippen LogP contribution in [0.4, 0.5) is 11.4 Å². The SMILES string of the molecule is C[C@H]1CCCCN1C1CCN(c2ccc(N3CCC4(CCNCC4)C3=O)cc2)C1.Cl. The Bertz CT molecular complexity index is 733. The number of hydrogen-bond donors (Lipinski definition) is 1. The van der Waals surface area contributed by atoms with Gasteiger partial charge in [-0.15, -0.1) is 12.4 Å². The molecule has 1 amide bonds. The molecule has 5 nitrogen and oxygen atoms in total. The molecule has 0 saturated carbocycles. The molecule has 1 spiro atoms. The zero-order chi connectivity index (χ0) is 19.8. The topological polar surface area (TPSA) is 38.8 Å². The van der Waals surface area contributed by atoms with Crippen molar-refractivity contribution >= 4 is 29.7 Å². The van der Waals surface area contributed by atoms with Crippen molar-refractivity contribution in [2.75, 3.05) is 49.1 Å². The van der Waals surface area contributed by atoms with Gasteiger partial charge in [0.2, 0.25) is 5.91 Å². The molecule has 0 aromatic heterocycles. The van der Waals surface area contributed by atoms with Crippen LogP contribution in [0.2, 0.25) is 0 Å². The Morgan fingerprint density at radius 2 is 1.67 bits per heavy atom. The first kappa shape index (κ1) is 21.9. The number of carbonyl (C=O) groups is 1. The summed E-state index contributed by atoms with van der Waals surface area (Å²) in [5.74, 6) is 0.354. The molecule has 0 aliphatic carbocycles. The van der Waals surface area contributed by atoms with Gasteiger partial charge >= 0.3 is 0 Å². The molecule has 1 unspecified atom stereocenters. The monoisotopic (exact) mass is 432 g/mol. The van der Waals surface area contributed by atoms with Crippen LogP contribution in [0.25, 0.3) is 0 Å². The molecular formula is C24H37ClN4O. The van der Waals surface area contributed by atoms with Gasteiger partial charge in [-0.3, -0.25) is 9.69 Å². The third-order valence-electron chi connectivity index (χ3n) is 8.09. The first-order valence-electron chi connectivity index (χ1n) is 11.8. The van der Waals surface area contributed by atoms with Crippen molar-refractivity contribution in [1.82, 2.24) is 10.2 Å². The fourth-order valence-electron chi connectivity index (χ4n) is 6.19. The summed E-state index contributed by atoms with van der Waals surface area (Å²) in [6.45, 7) is 8.78. The molecule has 1 N–H and O–H groups in total. The normalized spacial score (nSPS) is 29.4. The maximum atomic E-state index is 13.2. The van der Waals surface area contributed by atoms with E-state index in [4.69, 9.17) is 0 Å². The van der Waals surface area contributed by atoms with Crippen molar-refractivity contribution in [3.05, 3.63) is 24.3 Å². The molecule has 166 valence electrons. The number of benzene rings is 1. The lowest BCUT2D eigenvalue weighted by Crippen LogP contribution is -2.46. The van der Waals surface area contributed by atoms with Gasteiger partial charge in [-0.05, 0) is 89.3 Å². The van der Waals surface area contributed by atoms with Crippen LogP contribution in [0.5, 0.6) is 0 Å². The summed E-state index contributed by atoms with van der Waals surface area (Å²) in [5.41, 5.74) is 2.29. The summed E-state index contributed by atoms with van der Waals surface area (Å²) < 4.78 is 0. The molecule has 4 aliphatic rings. The Morgan fingerprint density at radius 3 is 2.40 bits per heavy atom. The molecule has 0 bridgehead atoms. The average molecular weight is 433 g/mol. The largest absolute Gasteiger partial charge is 0.370 e. The van der Waals surface area contributed by atoms with E-state index in [1.54, 1.807) is 0 Å². The van der Waals surface area contributed by atoms with Gasteiger partial charge < -0.3 is 15.1 Å². The second-order valence-corrected chi connectivity index (χ2v) is 9.72. The second kappa shape index (κ2) is 9.05. The van der Waals surface area contributed by atoms with E-state index in [1.807, 2.05) is 4.90 Å². The van der Waals surface area contributed by atoms with E-state index in [-0.39, 0.29) is 17.8 Å². The van der Waals surface area contributed by atoms with Crippen LogP contribution in [0.15, 0.2) is 24.3 Å². The quantitative estimate of drug-likeness (QED) is 0.790. The summed E-state index contributed by atoms with van der Waals surface area (Å²) in [6.07, 6.45) is 8.37. The Balaban J connectivity index is 0.00000218. The van der Waals surface area contributed by atoms with Crippen molar-refractivity contribution in [1.29, 1.82) is 0 Å². The lowest BCUT2D eigenvalue weighted by Gasteiger charge is -2.38. The first-order valence-corrected chi connectivity index (χ1v) is 11.8. The zero-order valence-electron chi connectivity index (χ0n) is 18.3. The summed E-state index contributed by atoms with van der Waals surface area (Å²) >= 11 is 0. The third kappa shape index (κ3) is 3.96. The molecule has 6 heteroatoms. The number of carbonyl (C=O) groups excluding carboxylic acids is 1. The highest BCUT2D eigenvalue weighted by Gasteiger charge is 2.47. The van der Waals surface area contributed by atoms with Crippen LogP contribution in [0.3, 0.4) is 0 Å². The standard InChI is InChI=1S/C24H36N4O.ClH/c1-19-4-2-3-15-27(19)22-9-16-26(18-22)20-5-7-21(8-6-20)28-17-12-24(23(28)29)10-13-25-14-11-24;/h5-8,19,22,25H,2-4,9-18H2,1H3;1H/t19-,22?;/m0./s1. The van der Waals surface area contributed by atoms with E-state index in [9.17, 15) is 4.79 Å². The van der Waals surface area contributed by atoms with E-state index < -0.39 is 0 Å². The number of nitrogens with one attached hydrogen (secondary N) is 1. The predicted molar refractivity (Wildman–Crippen MR) is 126 cm³/mol. The van der Waals surface area contributed by atoms with Gasteiger partial charge in [0.25, 0.3) is 0 Å². The Labute approximate surface area is 187 Å². The number of piperidine rings is 2. The first-order chi connectivity index (χ1) is 14.2. The highest BCUT2D eigenvalue weighted by atomic mass is 35.5. The molecule has 4 saturated heterocycles. The van der Waals surface area contributed by atoms with Crippen LogP contribution in [0, 0.1) is 5.41 Å². The van der Waals surface area contributed by atoms with E-state index >= 15 is 0 Å². The van der Waals surface area contributed by atoms with Crippen molar-refractivity contribution < 1.29 is 4.79 Å². The fourth-order valence-corrected chi connectivity index (χ4v) is 6.19. The minimum atomic E-state index is -0.1000. The number of amides is 1. The Morgan fingerprint density at radius 1 is 0.933 bits per heavy atom. The lowest BCUT2D eigenvalue weighted by molar-refractivity contribution is -0.126. The number of nitrogens with zero attached hydrogens (tertiary/aromatic N) is 3. The summed E-state index contributed by atoms with van der Waals surface area (Å²) in [6, 6.07) is 10.2. The number of rotatable bonds is 3. The molecule has 5 rings (SSSR count). The highest BCUT2D eigenvalue weighted by molar-refractivity contribution is 6.00. The minimum Gasteiger partial charge on any atom is -0.370 e. The van der Waals surface area contributed by atoms with Crippen LogP contribution in [-0.2, 0) is 4.79 Å². The number of halogens is 1. The second-order valence-electron chi connectivity index (χ2n) is 9.72. The maximum absolute atomic E-state index is 13.2. The molecule has 30 heavy (non-hydrogen) atoms. The van der Waals surface area contributed by atoms with Gasteiger partial charge in [-0.2, -0.15) is 0 Å². The molecule has 1 aromatic carbocycles. The lowest BCUT2D eigenvalue weighted by atomic mass is 9.78. The molecule has 2 atom stereocenters. The molecule has 4 aliphatic heterocycles. The van der Waals surface area contributed by atoms with Gasteiger partial charge in [0.05, 0.1) is 5.41 Å². The van der Waals surface area contributed by atoms with Gasteiger partial charge in [0, 0.05) is 43.1 Å². The fraction of sp³-hybridized carbons (Fsp3) is 0.708. The summed E-state index contributed by atoms with van der Waals surface area (Å²) in [4.78, 5) is 20.5. The molecular weight excluding hydrogens is 396 g/mol. The Hall–Kier alpha value is -1.30. The minimum absolute atomic E-state index is 0. The van der Waals surface area contributed by atoms with Crippen molar-refractivity contribution in [2.24, 2.45) is 5.41 Å². The molecule has 0 radical (unpaired) electrons. The van der Waals surface area contributed by atoms with Crippen LogP contribution in [-0.4, -0.2) is 62.2 Å². The number of hydrogen-bond acceptors (Lipinski definition) is 4. The molecule has 4 heterocycles. The van der Waals surface area contributed by atoms with Crippen molar-refractivity contribution in [2.45, 2.75) is 64.0 Å².